The van der Waals surface area contributed by atoms with Crippen molar-refractivity contribution in [2.24, 2.45) is 5.92 Å². The zero-order valence-corrected chi connectivity index (χ0v) is 15.4. The van der Waals surface area contributed by atoms with Crippen LogP contribution >= 0.6 is 0 Å². The van der Waals surface area contributed by atoms with E-state index in [2.05, 4.69) is 56.1 Å². The molecule has 23 heavy (non-hydrogen) atoms. The molecule has 1 aromatic carbocycles. The van der Waals surface area contributed by atoms with E-state index in [-0.39, 0.29) is 0 Å². The van der Waals surface area contributed by atoms with E-state index in [0.717, 1.165) is 19.1 Å². The molecule has 0 amide bonds. The third-order valence-electron chi connectivity index (χ3n) is 5.93. The highest BCUT2D eigenvalue weighted by atomic mass is 16.5. The van der Waals surface area contributed by atoms with Gasteiger partial charge in [0.25, 0.3) is 0 Å². The van der Waals surface area contributed by atoms with Crippen LogP contribution < -0.4 is 0 Å². The third-order valence-corrected chi connectivity index (χ3v) is 5.93. The largest absolute Gasteiger partial charge is 0.381 e. The fraction of sp³-hybridized carbons (Fsp3) is 0.714. The van der Waals surface area contributed by atoms with E-state index < -0.39 is 0 Å². The maximum absolute atomic E-state index is 5.45. The first-order chi connectivity index (χ1) is 11.2. The van der Waals surface area contributed by atoms with Gasteiger partial charge in [-0.1, -0.05) is 50.6 Å². The van der Waals surface area contributed by atoms with Gasteiger partial charge in [0.05, 0.1) is 0 Å². The molecule has 0 bridgehead atoms. The van der Waals surface area contributed by atoms with E-state index in [9.17, 15) is 0 Å². The summed E-state index contributed by atoms with van der Waals surface area (Å²) in [7, 11) is 2.21. The molecular formula is C21H35NO. The molecule has 0 aliphatic carbocycles. The lowest BCUT2D eigenvalue weighted by atomic mass is 9.72. The highest BCUT2D eigenvalue weighted by Crippen LogP contribution is 2.37. The van der Waals surface area contributed by atoms with Crippen molar-refractivity contribution in [1.29, 1.82) is 0 Å². The second-order valence-electron chi connectivity index (χ2n) is 7.27. The van der Waals surface area contributed by atoms with Crippen molar-refractivity contribution in [2.75, 3.05) is 33.4 Å². The van der Waals surface area contributed by atoms with Crippen LogP contribution in [-0.4, -0.2) is 38.3 Å². The normalized spacial score (nSPS) is 22.2. The van der Waals surface area contributed by atoms with Crippen molar-refractivity contribution in [1.82, 2.24) is 4.90 Å². The van der Waals surface area contributed by atoms with Gasteiger partial charge in [-0.2, -0.15) is 0 Å². The van der Waals surface area contributed by atoms with E-state index >= 15 is 0 Å². The third kappa shape index (κ3) is 5.32. The van der Waals surface area contributed by atoms with Crippen molar-refractivity contribution in [3.63, 3.8) is 0 Å². The lowest BCUT2D eigenvalue weighted by Gasteiger charge is -2.37. The minimum atomic E-state index is 0.388. The summed E-state index contributed by atoms with van der Waals surface area (Å²) in [6, 6.07) is 10.9. The van der Waals surface area contributed by atoms with Crippen LogP contribution in [0.3, 0.4) is 0 Å². The highest BCUT2D eigenvalue weighted by molar-refractivity contribution is 5.25. The molecule has 0 unspecified atom stereocenters. The fourth-order valence-electron chi connectivity index (χ4n) is 3.87. The SMILES string of the molecule is CCC1(c2ccccc2)CCOCC1.CCC1CCN(C)CC1. The Kier molecular flexibility index (Phi) is 7.58. The van der Waals surface area contributed by atoms with Crippen LogP contribution in [0.5, 0.6) is 0 Å². The lowest BCUT2D eigenvalue weighted by Crippen LogP contribution is -2.33. The monoisotopic (exact) mass is 317 g/mol. The Bertz CT molecular complexity index is 417. The Morgan fingerprint density at radius 2 is 1.65 bits per heavy atom. The van der Waals surface area contributed by atoms with Gasteiger partial charge in [0, 0.05) is 13.2 Å². The second-order valence-corrected chi connectivity index (χ2v) is 7.27. The minimum Gasteiger partial charge on any atom is -0.381 e. The fourth-order valence-corrected chi connectivity index (χ4v) is 3.87. The molecule has 0 atom stereocenters. The molecule has 1 aromatic rings. The van der Waals surface area contributed by atoms with Gasteiger partial charge >= 0.3 is 0 Å². The van der Waals surface area contributed by atoms with Crippen molar-refractivity contribution in [3.8, 4) is 0 Å². The van der Waals surface area contributed by atoms with E-state index in [1.807, 2.05) is 0 Å². The molecule has 0 spiro atoms. The van der Waals surface area contributed by atoms with Crippen molar-refractivity contribution in [2.45, 2.75) is 57.8 Å². The van der Waals surface area contributed by atoms with Crippen LogP contribution in [0.15, 0.2) is 30.3 Å². The summed E-state index contributed by atoms with van der Waals surface area (Å²) < 4.78 is 5.45. The molecule has 2 nitrogen and oxygen atoms in total. The van der Waals surface area contributed by atoms with Crippen LogP contribution in [0.1, 0.15) is 57.9 Å². The summed E-state index contributed by atoms with van der Waals surface area (Å²) in [4.78, 5) is 2.42. The molecule has 2 fully saturated rings. The molecule has 2 aliphatic rings. The van der Waals surface area contributed by atoms with Crippen LogP contribution in [0.2, 0.25) is 0 Å². The lowest BCUT2D eigenvalue weighted by molar-refractivity contribution is 0.0485. The molecule has 130 valence electrons. The number of ether oxygens (including phenoxy) is 1. The Labute approximate surface area is 143 Å². The van der Waals surface area contributed by atoms with Crippen LogP contribution in [0, 0.1) is 5.92 Å². The topological polar surface area (TPSA) is 12.5 Å². The van der Waals surface area contributed by atoms with Gasteiger partial charge < -0.3 is 9.64 Å². The van der Waals surface area contributed by atoms with Crippen LogP contribution in [0.25, 0.3) is 0 Å². The number of rotatable bonds is 3. The summed E-state index contributed by atoms with van der Waals surface area (Å²) in [5.74, 6) is 1.03. The van der Waals surface area contributed by atoms with Gasteiger partial charge in [-0.25, -0.2) is 0 Å². The average molecular weight is 318 g/mol. The molecule has 0 aromatic heterocycles. The molecule has 0 saturated carbocycles. The number of hydrogen-bond donors (Lipinski definition) is 0. The maximum Gasteiger partial charge on any atom is 0.0474 e. The summed E-state index contributed by atoms with van der Waals surface area (Å²) >= 11 is 0. The second kappa shape index (κ2) is 9.44. The van der Waals surface area contributed by atoms with Crippen molar-refractivity contribution >= 4 is 0 Å². The zero-order valence-electron chi connectivity index (χ0n) is 15.4. The van der Waals surface area contributed by atoms with E-state index in [1.165, 1.54) is 57.2 Å². The molecule has 3 rings (SSSR count). The molecule has 0 radical (unpaired) electrons. The van der Waals surface area contributed by atoms with Gasteiger partial charge in [-0.05, 0) is 69.1 Å². The van der Waals surface area contributed by atoms with Gasteiger partial charge in [0.1, 0.15) is 0 Å². The molecule has 2 aliphatic heterocycles. The first kappa shape index (κ1) is 18.5. The van der Waals surface area contributed by atoms with E-state index in [1.54, 1.807) is 0 Å². The van der Waals surface area contributed by atoms with Crippen LogP contribution in [-0.2, 0) is 10.2 Å². The number of piperidine rings is 1. The Morgan fingerprint density at radius 3 is 2.17 bits per heavy atom. The van der Waals surface area contributed by atoms with Gasteiger partial charge in [-0.15, -0.1) is 0 Å². The molecule has 2 saturated heterocycles. The minimum absolute atomic E-state index is 0.388. The quantitative estimate of drug-likeness (QED) is 0.787. The summed E-state index contributed by atoms with van der Waals surface area (Å²) in [6.07, 6.45) is 7.80. The maximum atomic E-state index is 5.45. The van der Waals surface area contributed by atoms with Crippen molar-refractivity contribution < 1.29 is 4.74 Å². The van der Waals surface area contributed by atoms with Gasteiger partial charge in [0.15, 0.2) is 0 Å². The molecule has 2 heterocycles. The summed E-state index contributed by atoms with van der Waals surface area (Å²) in [5, 5.41) is 0. The smallest absolute Gasteiger partial charge is 0.0474 e. The van der Waals surface area contributed by atoms with E-state index in [4.69, 9.17) is 4.74 Å². The summed E-state index contributed by atoms with van der Waals surface area (Å²) in [5.41, 5.74) is 1.88. The number of nitrogens with zero attached hydrogens (tertiary/aromatic N) is 1. The predicted molar refractivity (Wildman–Crippen MR) is 99.0 cm³/mol. The zero-order chi connectivity index (χ0) is 16.5. The molecule has 0 N–H and O–H groups in total. The first-order valence-electron chi connectivity index (χ1n) is 9.52. The first-order valence-corrected chi connectivity index (χ1v) is 9.52. The van der Waals surface area contributed by atoms with Crippen LogP contribution in [0.4, 0.5) is 0 Å². The molecular weight excluding hydrogens is 282 g/mol. The van der Waals surface area contributed by atoms with Gasteiger partial charge in [0.2, 0.25) is 0 Å². The number of likely N-dealkylation sites (tertiary alicyclic amines) is 1. The highest BCUT2D eigenvalue weighted by Gasteiger charge is 2.32. The average Bonchev–Trinajstić information content (AvgIpc) is 2.64. The molecule has 2 heteroatoms. The summed E-state index contributed by atoms with van der Waals surface area (Å²) in [6.45, 7) is 9.07. The predicted octanol–water partition coefficient (Wildman–Crippen LogP) is 4.88. The Balaban J connectivity index is 0.000000185. The Morgan fingerprint density at radius 1 is 1.04 bits per heavy atom. The number of hydrogen-bond acceptors (Lipinski definition) is 2. The number of benzene rings is 1. The van der Waals surface area contributed by atoms with Crippen molar-refractivity contribution in [3.05, 3.63) is 35.9 Å². The standard InChI is InChI=1S/C13H18O.C8H17N/c1-2-13(8-10-14-11-9-13)12-6-4-3-5-7-12;1-3-8-4-6-9(2)7-5-8/h3-7H,2,8-11H2,1H3;8H,3-7H2,1-2H3. The Hall–Kier alpha value is -0.860. The van der Waals surface area contributed by atoms with Gasteiger partial charge in [-0.3, -0.25) is 0 Å². The van der Waals surface area contributed by atoms with E-state index in [0.29, 0.717) is 5.41 Å².